The summed E-state index contributed by atoms with van der Waals surface area (Å²) < 4.78 is 0. The largest absolute Gasteiger partial charge is 0.329 e. The first-order valence-electron chi connectivity index (χ1n) is 6.86. The maximum Gasteiger partial charge on any atom is 0.0338 e. The van der Waals surface area contributed by atoms with E-state index in [0.717, 1.165) is 19.6 Å². The Bertz CT molecular complexity index is 369. The molecular weight excluding hydrogens is 208 g/mol. The minimum Gasteiger partial charge on any atom is -0.329 e. The molecule has 92 valence electrons. The van der Waals surface area contributed by atoms with Crippen LogP contribution in [0.3, 0.4) is 0 Å². The van der Waals surface area contributed by atoms with E-state index in [1.54, 1.807) is 0 Å². The van der Waals surface area contributed by atoms with Crippen molar-refractivity contribution in [1.82, 2.24) is 4.90 Å². The molecule has 0 bridgehead atoms. The predicted molar refractivity (Wildman–Crippen MR) is 70.6 cm³/mol. The average molecular weight is 230 g/mol. The summed E-state index contributed by atoms with van der Waals surface area (Å²) in [6.45, 7) is 3.03. The Hall–Kier alpha value is -0.860. The molecule has 1 aromatic carbocycles. The Morgan fingerprint density at radius 1 is 1.00 bits per heavy atom. The van der Waals surface area contributed by atoms with Gasteiger partial charge in [-0.25, -0.2) is 0 Å². The maximum atomic E-state index is 6.11. The second-order valence-electron chi connectivity index (χ2n) is 5.61. The summed E-state index contributed by atoms with van der Waals surface area (Å²) in [5.41, 5.74) is 9.41. The standard InChI is InChI=1S/C15H22N2/c16-12-15(8-4-1-5-9-15)17-10-13-6-2-3-7-14(13)11-17/h2-3,6-7H,1,4-5,8-12,16H2. The van der Waals surface area contributed by atoms with Crippen molar-refractivity contribution in [3.05, 3.63) is 35.4 Å². The monoisotopic (exact) mass is 230 g/mol. The van der Waals surface area contributed by atoms with Crippen LogP contribution >= 0.6 is 0 Å². The molecule has 3 rings (SSSR count). The van der Waals surface area contributed by atoms with E-state index in [1.165, 1.54) is 43.2 Å². The number of fused-ring (bicyclic) bond motifs is 1. The molecule has 1 saturated carbocycles. The second-order valence-corrected chi connectivity index (χ2v) is 5.61. The van der Waals surface area contributed by atoms with Crippen LogP contribution < -0.4 is 5.73 Å². The van der Waals surface area contributed by atoms with Crippen molar-refractivity contribution >= 4 is 0 Å². The van der Waals surface area contributed by atoms with Crippen LogP contribution in [0.25, 0.3) is 0 Å². The summed E-state index contributed by atoms with van der Waals surface area (Å²) in [6.07, 6.45) is 6.67. The molecule has 0 atom stereocenters. The topological polar surface area (TPSA) is 29.3 Å². The summed E-state index contributed by atoms with van der Waals surface area (Å²) in [5.74, 6) is 0. The molecule has 0 spiro atoms. The van der Waals surface area contributed by atoms with E-state index in [0.29, 0.717) is 0 Å². The van der Waals surface area contributed by atoms with Gasteiger partial charge < -0.3 is 5.73 Å². The van der Waals surface area contributed by atoms with Crippen LogP contribution in [0.1, 0.15) is 43.2 Å². The minimum absolute atomic E-state index is 0.289. The molecule has 0 amide bonds. The van der Waals surface area contributed by atoms with Crippen LogP contribution in [0.5, 0.6) is 0 Å². The Morgan fingerprint density at radius 2 is 1.59 bits per heavy atom. The van der Waals surface area contributed by atoms with Gasteiger partial charge in [-0.05, 0) is 24.0 Å². The first kappa shape index (κ1) is 11.2. The molecule has 1 aromatic rings. The fourth-order valence-electron chi connectivity index (χ4n) is 3.53. The van der Waals surface area contributed by atoms with Gasteiger partial charge in [0.15, 0.2) is 0 Å². The van der Waals surface area contributed by atoms with Gasteiger partial charge in [0, 0.05) is 25.2 Å². The van der Waals surface area contributed by atoms with Gasteiger partial charge in [0.25, 0.3) is 0 Å². The highest BCUT2D eigenvalue weighted by molar-refractivity contribution is 5.31. The van der Waals surface area contributed by atoms with Crippen LogP contribution in [0.15, 0.2) is 24.3 Å². The molecule has 2 N–H and O–H groups in total. The molecule has 0 saturated heterocycles. The van der Waals surface area contributed by atoms with E-state index >= 15 is 0 Å². The first-order valence-corrected chi connectivity index (χ1v) is 6.86. The van der Waals surface area contributed by atoms with Crippen molar-refractivity contribution < 1.29 is 0 Å². The zero-order chi connectivity index (χ0) is 11.7. The van der Waals surface area contributed by atoms with Gasteiger partial charge >= 0.3 is 0 Å². The van der Waals surface area contributed by atoms with E-state index < -0.39 is 0 Å². The van der Waals surface area contributed by atoms with Crippen LogP contribution in [0.4, 0.5) is 0 Å². The Balaban J connectivity index is 1.82. The number of hydrogen-bond donors (Lipinski definition) is 1. The summed E-state index contributed by atoms with van der Waals surface area (Å²) in [4.78, 5) is 2.64. The predicted octanol–water partition coefficient (Wildman–Crippen LogP) is 2.66. The van der Waals surface area contributed by atoms with Gasteiger partial charge in [-0.2, -0.15) is 0 Å². The van der Waals surface area contributed by atoms with Crippen molar-refractivity contribution in [3.63, 3.8) is 0 Å². The molecule has 0 aromatic heterocycles. The summed E-state index contributed by atoms with van der Waals surface area (Å²) in [6, 6.07) is 8.83. The number of nitrogens with zero attached hydrogens (tertiary/aromatic N) is 1. The molecule has 2 aliphatic rings. The maximum absolute atomic E-state index is 6.11. The second kappa shape index (κ2) is 4.43. The van der Waals surface area contributed by atoms with E-state index in [9.17, 15) is 0 Å². The fraction of sp³-hybridized carbons (Fsp3) is 0.600. The third-order valence-electron chi connectivity index (χ3n) is 4.68. The smallest absolute Gasteiger partial charge is 0.0338 e. The Kier molecular flexibility index (Phi) is 2.93. The lowest BCUT2D eigenvalue weighted by atomic mass is 9.80. The molecule has 2 nitrogen and oxygen atoms in total. The number of benzene rings is 1. The zero-order valence-corrected chi connectivity index (χ0v) is 10.5. The summed E-state index contributed by atoms with van der Waals surface area (Å²) in [5, 5.41) is 0. The molecule has 0 radical (unpaired) electrons. The molecule has 1 aliphatic carbocycles. The molecule has 0 unspecified atom stereocenters. The molecule has 1 heterocycles. The average Bonchev–Trinajstić information content (AvgIpc) is 2.84. The highest BCUT2D eigenvalue weighted by atomic mass is 15.2. The number of hydrogen-bond acceptors (Lipinski definition) is 2. The van der Waals surface area contributed by atoms with E-state index in [2.05, 4.69) is 29.2 Å². The van der Waals surface area contributed by atoms with Crippen LogP contribution in [-0.4, -0.2) is 17.0 Å². The van der Waals surface area contributed by atoms with Gasteiger partial charge in [0.2, 0.25) is 0 Å². The van der Waals surface area contributed by atoms with Gasteiger partial charge in [0.05, 0.1) is 0 Å². The van der Waals surface area contributed by atoms with E-state index in [1.807, 2.05) is 0 Å². The van der Waals surface area contributed by atoms with Gasteiger partial charge in [-0.1, -0.05) is 43.5 Å². The SMILES string of the molecule is NCC1(N2Cc3ccccc3C2)CCCCC1. The van der Waals surface area contributed by atoms with Crippen molar-refractivity contribution in [2.45, 2.75) is 50.7 Å². The van der Waals surface area contributed by atoms with E-state index in [4.69, 9.17) is 5.73 Å². The lowest BCUT2D eigenvalue weighted by Gasteiger charge is -2.44. The molecule has 1 fully saturated rings. The third kappa shape index (κ3) is 1.90. The van der Waals surface area contributed by atoms with Crippen molar-refractivity contribution in [2.24, 2.45) is 5.73 Å². The highest BCUT2D eigenvalue weighted by Crippen LogP contribution is 2.38. The molecule has 1 aliphatic heterocycles. The van der Waals surface area contributed by atoms with Crippen molar-refractivity contribution in [3.8, 4) is 0 Å². The summed E-state index contributed by atoms with van der Waals surface area (Å²) >= 11 is 0. The summed E-state index contributed by atoms with van der Waals surface area (Å²) in [7, 11) is 0. The van der Waals surface area contributed by atoms with E-state index in [-0.39, 0.29) is 5.54 Å². The number of rotatable bonds is 2. The molecular formula is C15H22N2. The van der Waals surface area contributed by atoms with Gasteiger partial charge in [0.1, 0.15) is 0 Å². The van der Waals surface area contributed by atoms with Crippen molar-refractivity contribution in [2.75, 3.05) is 6.54 Å². The first-order chi connectivity index (χ1) is 8.34. The fourth-order valence-corrected chi connectivity index (χ4v) is 3.53. The van der Waals surface area contributed by atoms with Gasteiger partial charge in [-0.3, -0.25) is 4.90 Å². The van der Waals surface area contributed by atoms with Crippen LogP contribution in [0.2, 0.25) is 0 Å². The number of nitrogens with two attached hydrogens (primary N) is 1. The zero-order valence-electron chi connectivity index (χ0n) is 10.5. The van der Waals surface area contributed by atoms with Gasteiger partial charge in [-0.15, -0.1) is 0 Å². The van der Waals surface area contributed by atoms with Crippen LogP contribution in [0, 0.1) is 0 Å². The Morgan fingerprint density at radius 3 is 2.12 bits per heavy atom. The molecule has 2 heteroatoms. The highest BCUT2D eigenvalue weighted by Gasteiger charge is 2.39. The van der Waals surface area contributed by atoms with Crippen molar-refractivity contribution in [1.29, 1.82) is 0 Å². The quantitative estimate of drug-likeness (QED) is 0.846. The third-order valence-corrected chi connectivity index (χ3v) is 4.68. The minimum atomic E-state index is 0.289. The van der Waals surface area contributed by atoms with Crippen LogP contribution in [-0.2, 0) is 13.1 Å². The Labute approximate surface area is 104 Å². The lowest BCUT2D eigenvalue weighted by Crippen LogP contribution is -2.52. The normalized spacial score (nSPS) is 23.6. The molecule has 17 heavy (non-hydrogen) atoms. The lowest BCUT2D eigenvalue weighted by molar-refractivity contribution is 0.0539.